The lowest BCUT2D eigenvalue weighted by Gasteiger charge is -2.33. The molecule has 0 bridgehead atoms. The van der Waals surface area contributed by atoms with Crippen molar-refractivity contribution in [1.82, 2.24) is 4.90 Å². The number of carbonyl (C=O) groups is 1. The third-order valence-electron chi connectivity index (χ3n) is 3.77. The van der Waals surface area contributed by atoms with Gasteiger partial charge in [-0.25, -0.2) is 4.79 Å². The second-order valence-electron chi connectivity index (χ2n) is 5.24. The lowest BCUT2D eigenvalue weighted by atomic mass is 10.0. The van der Waals surface area contributed by atoms with Crippen LogP contribution in [0.2, 0.25) is 0 Å². The molecule has 0 saturated carbocycles. The van der Waals surface area contributed by atoms with E-state index in [9.17, 15) is 4.79 Å². The van der Waals surface area contributed by atoms with Gasteiger partial charge in [0, 0.05) is 12.6 Å². The molecule has 0 radical (unpaired) electrons. The van der Waals surface area contributed by atoms with Crippen molar-refractivity contribution in [3.05, 3.63) is 35.9 Å². The number of halogens is 1. The highest BCUT2D eigenvalue weighted by atomic mass is 35.5. The van der Waals surface area contributed by atoms with Crippen LogP contribution in [0.3, 0.4) is 0 Å². The van der Waals surface area contributed by atoms with Crippen LogP contribution in [0.5, 0.6) is 0 Å². The number of carbonyl (C=O) groups excluding carboxylic acids is 1. The highest BCUT2D eigenvalue weighted by molar-refractivity contribution is 5.89. The Bertz CT molecular complexity index is 397. The van der Waals surface area contributed by atoms with Crippen molar-refractivity contribution in [3.63, 3.8) is 0 Å². The van der Waals surface area contributed by atoms with Crippen molar-refractivity contribution >= 4 is 18.4 Å². The van der Waals surface area contributed by atoms with E-state index in [0.717, 1.165) is 13.0 Å². The van der Waals surface area contributed by atoms with E-state index >= 15 is 0 Å². The van der Waals surface area contributed by atoms with E-state index in [1.54, 1.807) is 12.1 Å². The number of hydrogen-bond donors (Lipinski definition) is 0. The molecule has 1 heterocycles. The molecule has 4 heteroatoms. The minimum Gasteiger partial charge on any atom is -0.462 e. The minimum absolute atomic E-state index is 0. The van der Waals surface area contributed by atoms with Crippen LogP contribution in [0.1, 0.15) is 43.0 Å². The fourth-order valence-electron chi connectivity index (χ4n) is 2.58. The zero-order valence-electron chi connectivity index (χ0n) is 12.1. The molecule has 0 spiro atoms. The fraction of sp³-hybridized carbons (Fsp3) is 0.562. The predicted molar refractivity (Wildman–Crippen MR) is 83.5 cm³/mol. The van der Waals surface area contributed by atoms with Crippen LogP contribution in [0.25, 0.3) is 0 Å². The number of ether oxygens (including phenoxy) is 1. The lowest BCUT2D eigenvalue weighted by molar-refractivity contribution is 0.0475. The summed E-state index contributed by atoms with van der Waals surface area (Å²) >= 11 is 0. The summed E-state index contributed by atoms with van der Waals surface area (Å²) in [6.07, 6.45) is 4.86. The summed E-state index contributed by atoms with van der Waals surface area (Å²) < 4.78 is 5.29. The summed E-state index contributed by atoms with van der Waals surface area (Å²) in [6, 6.07) is 9.86. The third kappa shape index (κ3) is 5.14. The smallest absolute Gasteiger partial charge is 0.338 e. The third-order valence-corrected chi connectivity index (χ3v) is 3.77. The number of rotatable bonds is 5. The number of likely N-dealkylation sites (tertiary alicyclic amines) is 1. The van der Waals surface area contributed by atoms with Crippen molar-refractivity contribution < 1.29 is 9.53 Å². The summed E-state index contributed by atoms with van der Waals surface area (Å²) in [4.78, 5) is 14.2. The van der Waals surface area contributed by atoms with Gasteiger partial charge in [-0.2, -0.15) is 0 Å². The van der Waals surface area contributed by atoms with Crippen LogP contribution in [0, 0.1) is 0 Å². The van der Waals surface area contributed by atoms with Gasteiger partial charge in [-0.15, -0.1) is 12.4 Å². The number of benzene rings is 1. The van der Waals surface area contributed by atoms with E-state index in [-0.39, 0.29) is 18.4 Å². The molecule has 1 aliphatic rings. The molecule has 0 unspecified atom stereocenters. The van der Waals surface area contributed by atoms with Crippen molar-refractivity contribution in [2.75, 3.05) is 19.7 Å². The number of esters is 1. The van der Waals surface area contributed by atoms with Gasteiger partial charge >= 0.3 is 5.97 Å². The van der Waals surface area contributed by atoms with Crippen LogP contribution >= 0.6 is 12.4 Å². The molecule has 1 fully saturated rings. The minimum atomic E-state index is -0.215. The molecular formula is C16H24ClNO2. The molecular weight excluding hydrogens is 274 g/mol. The Labute approximate surface area is 127 Å². The molecule has 0 N–H and O–H groups in total. The Hall–Kier alpha value is -1.06. The van der Waals surface area contributed by atoms with Gasteiger partial charge in [0.25, 0.3) is 0 Å². The van der Waals surface area contributed by atoms with Crippen LogP contribution in [-0.4, -0.2) is 36.6 Å². The Balaban J connectivity index is 0.00000200. The highest BCUT2D eigenvalue weighted by Gasteiger charge is 2.17. The van der Waals surface area contributed by atoms with Crippen molar-refractivity contribution in [1.29, 1.82) is 0 Å². The summed E-state index contributed by atoms with van der Waals surface area (Å²) in [5.41, 5.74) is 0.633. The van der Waals surface area contributed by atoms with Crippen molar-refractivity contribution in [2.45, 2.75) is 38.6 Å². The van der Waals surface area contributed by atoms with E-state index in [1.807, 2.05) is 18.2 Å². The predicted octanol–water partition coefficient (Wildman–Crippen LogP) is 3.53. The molecule has 112 valence electrons. The SMILES string of the molecule is C[C@@H]1CCCCN1CCCOC(=O)c1ccccc1.Cl. The van der Waals surface area contributed by atoms with Gasteiger partial charge in [0.2, 0.25) is 0 Å². The molecule has 20 heavy (non-hydrogen) atoms. The summed E-state index contributed by atoms with van der Waals surface area (Å²) in [5.74, 6) is -0.215. The van der Waals surface area contributed by atoms with Gasteiger partial charge in [0.15, 0.2) is 0 Å². The average molecular weight is 298 g/mol. The largest absolute Gasteiger partial charge is 0.462 e. The van der Waals surface area contributed by atoms with E-state index in [0.29, 0.717) is 18.2 Å². The second kappa shape index (κ2) is 8.98. The van der Waals surface area contributed by atoms with E-state index in [2.05, 4.69) is 11.8 Å². The highest BCUT2D eigenvalue weighted by Crippen LogP contribution is 2.16. The standard InChI is InChI=1S/C16H23NO2.ClH/c1-14-8-5-6-11-17(14)12-7-13-19-16(18)15-9-3-2-4-10-15;/h2-4,9-10,14H,5-8,11-13H2,1H3;1H/t14-;/m1./s1. The summed E-state index contributed by atoms with van der Waals surface area (Å²) in [6.45, 7) is 5.02. The number of nitrogens with zero attached hydrogens (tertiary/aromatic N) is 1. The van der Waals surface area contributed by atoms with E-state index in [4.69, 9.17) is 4.74 Å². The quantitative estimate of drug-likeness (QED) is 0.615. The normalized spacial score (nSPS) is 19.1. The number of piperidine rings is 1. The zero-order chi connectivity index (χ0) is 13.5. The molecule has 1 saturated heterocycles. The molecule has 3 nitrogen and oxygen atoms in total. The zero-order valence-corrected chi connectivity index (χ0v) is 12.9. The first-order valence-electron chi connectivity index (χ1n) is 7.23. The van der Waals surface area contributed by atoms with Gasteiger partial charge in [-0.1, -0.05) is 24.6 Å². The molecule has 1 aromatic carbocycles. The van der Waals surface area contributed by atoms with Crippen LogP contribution < -0.4 is 0 Å². The summed E-state index contributed by atoms with van der Waals surface area (Å²) in [7, 11) is 0. The lowest BCUT2D eigenvalue weighted by Crippen LogP contribution is -2.38. The Morgan fingerprint density at radius 2 is 2.05 bits per heavy atom. The molecule has 0 amide bonds. The average Bonchev–Trinajstić information content (AvgIpc) is 2.46. The van der Waals surface area contributed by atoms with Gasteiger partial charge in [-0.05, 0) is 44.9 Å². The Morgan fingerprint density at radius 1 is 1.30 bits per heavy atom. The van der Waals surface area contributed by atoms with E-state index in [1.165, 1.54) is 25.8 Å². The maximum atomic E-state index is 11.7. The molecule has 0 aliphatic carbocycles. The van der Waals surface area contributed by atoms with Gasteiger partial charge in [0.05, 0.1) is 12.2 Å². The fourth-order valence-corrected chi connectivity index (χ4v) is 2.58. The van der Waals surface area contributed by atoms with Gasteiger partial charge in [-0.3, -0.25) is 0 Å². The topological polar surface area (TPSA) is 29.5 Å². The van der Waals surface area contributed by atoms with Crippen molar-refractivity contribution in [2.24, 2.45) is 0 Å². The molecule has 1 aliphatic heterocycles. The van der Waals surface area contributed by atoms with Crippen LogP contribution in [0.15, 0.2) is 30.3 Å². The number of hydrogen-bond acceptors (Lipinski definition) is 3. The van der Waals surface area contributed by atoms with Gasteiger partial charge < -0.3 is 9.64 Å². The molecule has 0 aromatic heterocycles. The second-order valence-corrected chi connectivity index (χ2v) is 5.24. The van der Waals surface area contributed by atoms with Crippen LogP contribution in [-0.2, 0) is 4.74 Å². The first-order chi connectivity index (χ1) is 9.27. The summed E-state index contributed by atoms with van der Waals surface area (Å²) in [5, 5.41) is 0. The van der Waals surface area contributed by atoms with Crippen molar-refractivity contribution in [3.8, 4) is 0 Å². The van der Waals surface area contributed by atoms with E-state index < -0.39 is 0 Å². The first-order valence-corrected chi connectivity index (χ1v) is 7.23. The maximum absolute atomic E-state index is 11.7. The van der Waals surface area contributed by atoms with Crippen LogP contribution in [0.4, 0.5) is 0 Å². The Morgan fingerprint density at radius 3 is 2.75 bits per heavy atom. The monoisotopic (exact) mass is 297 g/mol. The molecule has 2 rings (SSSR count). The van der Waals surface area contributed by atoms with Gasteiger partial charge in [0.1, 0.15) is 0 Å². The molecule has 1 aromatic rings. The first kappa shape index (κ1) is 17.0. The Kier molecular flexibility index (Phi) is 7.63. The molecule has 1 atom stereocenters. The maximum Gasteiger partial charge on any atom is 0.338 e.